The van der Waals surface area contributed by atoms with E-state index in [0.717, 1.165) is 3.57 Å². The van der Waals surface area contributed by atoms with Crippen LogP contribution in [0, 0.1) is 3.57 Å². The van der Waals surface area contributed by atoms with Gasteiger partial charge >= 0.3 is 5.97 Å². The number of aromatic carboxylic acids is 1. The lowest BCUT2D eigenvalue weighted by atomic mass is 10.3. The fourth-order valence-electron chi connectivity index (χ4n) is 1.31. The lowest BCUT2D eigenvalue weighted by Crippen LogP contribution is -2.01. The third-order valence-electron chi connectivity index (χ3n) is 2.05. The minimum atomic E-state index is -1.29. The van der Waals surface area contributed by atoms with Gasteiger partial charge in [0, 0.05) is 3.57 Å². The Morgan fingerprint density at radius 1 is 1.47 bits per heavy atom. The van der Waals surface area contributed by atoms with Crippen molar-refractivity contribution in [2.75, 3.05) is 0 Å². The molecule has 0 fully saturated rings. The molecule has 0 aliphatic carbocycles. The normalized spacial score (nSPS) is 10.5. The molecule has 0 bridgehead atoms. The molecule has 1 aromatic heterocycles. The topological polar surface area (TPSA) is 75.3 Å². The van der Waals surface area contributed by atoms with Crippen LogP contribution < -0.4 is 0 Å². The Morgan fingerprint density at radius 2 is 2.18 bits per heavy atom. The average Bonchev–Trinajstić information content (AvgIpc) is 2.60. The van der Waals surface area contributed by atoms with E-state index in [4.69, 9.17) is 16.7 Å². The first-order valence-electron chi connectivity index (χ1n) is 4.46. The number of nitrogens with zero attached hydrogens (tertiary/aromatic N) is 2. The van der Waals surface area contributed by atoms with Gasteiger partial charge in [-0.2, -0.15) is 5.10 Å². The fraction of sp³-hybridized carbons (Fsp3) is 0. The van der Waals surface area contributed by atoms with Gasteiger partial charge in [0.2, 0.25) is 5.69 Å². The Hall–Kier alpha value is -1.28. The predicted molar refractivity (Wildman–Crippen MR) is 69.9 cm³/mol. The second kappa shape index (κ2) is 4.53. The molecule has 0 amide bonds. The molecule has 2 N–H and O–H groups in total. The molecule has 0 radical (unpaired) electrons. The van der Waals surface area contributed by atoms with Crippen molar-refractivity contribution in [3.05, 3.63) is 38.7 Å². The molecule has 17 heavy (non-hydrogen) atoms. The van der Waals surface area contributed by atoms with E-state index in [9.17, 15) is 9.90 Å². The van der Waals surface area contributed by atoms with Crippen molar-refractivity contribution in [2.24, 2.45) is 0 Å². The van der Waals surface area contributed by atoms with Gasteiger partial charge in [-0.25, -0.2) is 9.48 Å². The number of rotatable bonds is 2. The molecule has 88 valence electrons. The molecule has 1 aromatic carbocycles. The number of halogens is 2. The maximum Gasteiger partial charge on any atom is 0.360 e. The van der Waals surface area contributed by atoms with Crippen LogP contribution in [0.3, 0.4) is 0 Å². The van der Waals surface area contributed by atoms with Crippen molar-refractivity contribution >= 4 is 40.2 Å². The van der Waals surface area contributed by atoms with Gasteiger partial charge in [0.25, 0.3) is 0 Å². The first-order valence-corrected chi connectivity index (χ1v) is 5.92. The molecule has 0 spiro atoms. The predicted octanol–water partition coefficient (Wildman–Crippen LogP) is 2.53. The summed E-state index contributed by atoms with van der Waals surface area (Å²) in [5.74, 6) is -1.69. The van der Waals surface area contributed by atoms with Gasteiger partial charge in [0.05, 0.1) is 16.9 Å². The third-order valence-corrected chi connectivity index (χ3v) is 3.03. The summed E-state index contributed by atoms with van der Waals surface area (Å²) in [5, 5.41) is 22.3. The van der Waals surface area contributed by atoms with E-state index in [1.165, 1.54) is 10.9 Å². The van der Waals surface area contributed by atoms with Crippen molar-refractivity contribution in [3.8, 4) is 11.4 Å². The Kier molecular flexibility index (Phi) is 3.25. The zero-order chi connectivity index (χ0) is 12.6. The largest absolute Gasteiger partial charge is 0.504 e. The van der Waals surface area contributed by atoms with Gasteiger partial charge in [0.15, 0.2) is 5.75 Å². The lowest BCUT2D eigenvalue weighted by molar-refractivity contribution is 0.0687. The number of aromatic hydroxyl groups is 1. The molecule has 7 heteroatoms. The highest BCUT2D eigenvalue weighted by atomic mass is 127. The average molecular weight is 365 g/mol. The van der Waals surface area contributed by atoms with Crippen LogP contribution in [0.5, 0.6) is 5.75 Å². The Labute approximate surface area is 115 Å². The standard InChI is InChI=1S/C10H6ClIN2O3/c11-6-3-5(12)1-2-7(6)14-4-8(15)9(13-14)10(16)17/h1-4,15H,(H,16,17). The summed E-state index contributed by atoms with van der Waals surface area (Å²) in [7, 11) is 0. The van der Waals surface area contributed by atoms with Gasteiger partial charge in [-0.15, -0.1) is 0 Å². The van der Waals surface area contributed by atoms with Gasteiger partial charge in [-0.3, -0.25) is 0 Å². The molecule has 0 saturated carbocycles. The van der Waals surface area contributed by atoms with Gasteiger partial charge in [-0.05, 0) is 40.8 Å². The summed E-state index contributed by atoms with van der Waals surface area (Å²) < 4.78 is 2.18. The third kappa shape index (κ3) is 2.37. The summed E-state index contributed by atoms with van der Waals surface area (Å²) in [6.45, 7) is 0. The molecule has 0 unspecified atom stereocenters. The van der Waals surface area contributed by atoms with Crippen molar-refractivity contribution in [3.63, 3.8) is 0 Å². The summed E-state index contributed by atoms with van der Waals surface area (Å²) in [6, 6.07) is 5.22. The number of benzene rings is 1. The molecular weight excluding hydrogens is 358 g/mol. The van der Waals surface area contributed by atoms with Gasteiger partial charge in [0.1, 0.15) is 0 Å². The highest BCUT2D eigenvalue weighted by Gasteiger charge is 2.16. The van der Waals surface area contributed by atoms with Crippen LogP contribution in [0.15, 0.2) is 24.4 Å². The number of hydrogen-bond acceptors (Lipinski definition) is 3. The van der Waals surface area contributed by atoms with Gasteiger partial charge in [-0.1, -0.05) is 11.6 Å². The SMILES string of the molecule is O=C(O)c1nn(-c2ccc(I)cc2Cl)cc1O. The zero-order valence-electron chi connectivity index (χ0n) is 8.26. The second-order valence-electron chi connectivity index (χ2n) is 3.21. The van der Waals surface area contributed by atoms with Gasteiger partial charge < -0.3 is 10.2 Å². The highest BCUT2D eigenvalue weighted by Crippen LogP contribution is 2.25. The molecule has 0 saturated heterocycles. The van der Waals surface area contributed by atoms with Crippen molar-refractivity contribution in [1.82, 2.24) is 9.78 Å². The summed E-state index contributed by atoms with van der Waals surface area (Å²) in [5.41, 5.74) is 0.106. The molecule has 1 heterocycles. The molecule has 0 aliphatic rings. The fourth-order valence-corrected chi connectivity index (χ4v) is 2.25. The van der Waals surface area contributed by atoms with Crippen LogP contribution in [0.25, 0.3) is 5.69 Å². The van der Waals surface area contributed by atoms with E-state index >= 15 is 0 Å². The van der Waals surface area contributed by atoms with Crippen LogP contribution in [0.4, 0.5) is 0 Å². The molecule has 5 nitrogen and oxygen atoms in total. The maximum atomic E-state index is 10.7. The van der Waals surface area contributed by atoms with Crippen LogP contribution in [-0.4, -0.2) is 26.0 Å². The van der Waals surface area contributed by atoms with E-state index in [0.29, 0.717) is 10.7 Å². The van der Waals surface area contributed by atoms with E-state index in [1.54, 1.807) is 18.2 Å². The van der Waals surface area contributed by atoms with Crippen molar-refractivity contribution in [1.29, 1.82) is 0 Å². The summed E-state index contributed by atoms with van der Waals surface area (Å²) >= 11 is 8.12. The number of hydrogen-bond donors (Lipinski definition) is 2. The number of aromatic nitrogens is 2. The molecule has 2 aromatic rings. The molecule has 0 aliphatic heterocycles. The minimum Gasteiger partial charge on any atom is -0.504 e. The Morgan fingerprint density at radius 3 is 2.71 bits per heavy atom. The van der Waals surface area contributed by atoms with E-state index in [-0.39, 0.29) is 0 Å². The van der Waals surface area contributed by atoms with E-state index in [1.807, 2.05) is 0 Å². The first kappa shape index (κ1) is 12.2. The van der Waals surface area contributed by atoms with Crippen LogP contribution in [0.1, 0.15) is 10.5 Å². The zero-order valence-corrected chi connectivity index (χ0v) is 11.2. The minimum absolute atomic E-state index is 0.396. The first-order chi connectivity index (χ1) is 7.99. The summed E-state index contributed by atoms with van der Waals surface area (Å²) in [4.78, 5) is 10.7. The smallest absolute Gasteiger partial charge is 0.360 e. The molecule has 0 atom stereocenters. The number of carboxylic acids is 1. The van der Waals surface area contributed by atoms with Crippen LogP contribution in [-0.2, 0) is 0 Å². The Balaban J connectivity index is 2.53. The number of carboxylic acid groups (broad SMARTS) is 1. The number of carbonyl (C=O) groups is 1. The molecular formula is C10H6ClIN2O3. The summed E-state index contributed by atoms with van der Waals surface area (Å²) in [6.07, 6.45) is 1.21. The Bertz CT molecular complexity index is 597. The monoisotopic (exact) mass is 364 g/mol. The second-order valence-corrected chi connectivity index (χ2v) is 4.86. The maximum absolute atomic E-state index is 10.7. The molecule has 2 rings (SSSR count). The van der Waals surface area contributed by atoms with E-state index < -0.39 is 17.4 Å². The van der Waals surface area contributed by atoms with Crippen LogP contribution in [0.2, 0.25) is 5.02 Å². The quantitative estimate of drug-likeness (QED) is 0.803. The van der Waals surface area contributed by atoms with E-state index in [2.05, 4.69) is 27.7 Å². The van der Waals surface area contributed by atoms with Crippen molar-refractivity contribution in [2.45, 2.75) is 0 Å². The highest BCUT2D eigenvalue weighted by molar-refractivity contribution is 14.1. The van der Waals surface area contributed by atoms with Crippen molar-refractivity contribution < 1.29 is 15.0 Å². The lowest BCUT2D eigenvalue weighted by Gasteiger charge is -2.03. The van der Waals surface area contributed by atoms with Crippen LogP contribution >= 0.6 is 34.2 Å².